The molecule has 0 N–H and O–H groups in total. The third-order valence-electron chi connectivity index (χ3n) is 5.51. The van der Waals surface area contributed by atoms with E-state index < -0.39 is 5.60 Å². The number of nitriles is 1. The molecular formula is C27H27N3O2. The van der Waals surface area contributed by atoms with Gasteiger partial charge in [0.1, 0.15) is 5.60 Å². The number of benzene rings is 2. The number of carbonyl (C=O) groups is 1. The summed E-state index contributed by atoms with van der Waals surface area (Å²) in [7, 11) is 0. The molecular weight excluding hydrogens is 398 g/mol. The van der Waals surface area contributed by atoms with Gasteiger partial charge in [-0.05, 0) is 85.2 Å². The Balaban J connectivity index is 1.66. The Kier molecular flexibility index (Phi) is 5.96. The van der Waals surface area contributed by atoms with E-state index in [-0.39, 0.29) is 6.09 Å². The third-order valence-corrected chi connectivity index (χ3v) is 5.51. The molecule has 1 aliphatic heterocycles. The van der Waals surface area contributed by atoms with Crippen molar-refractivity contribution in [3.63, 3.8) is 0 Å². The van der Waals surface area contributed by atoms with Crippen LogP contribution in [0, 0.1) is 11.3 Å². The fraction of sp³-hybridized carbons (Fsp3) is 0.296. The zero-order valence-electron chi connectivity index (χ0n) is 18.8. The molecule has 2 heterocycles. The maximum atomic E-state index is 12.7. The van der Waals surface area contributed by atoms with E-state index in [9.17, 15) is 4.79 Å². The van der Waals surface area contributed by atoms with E-state index in [2.05, 4.69) is 29.3 Å². The number of rotatable bonds is 4. The number of fused-ring (bicyclic) bond motifs is 1. The highest BCUT2D eigenvalue weighted by atomic mass is 16.6. The minimum absolute atomic E-state index is 0.295. The number of aryl methyl sites for hydroxylation is 2. The smallest absolute Gasteiger partial charge is 0.410 e. The zero-order valence-corrected chi connectivity index (χ0v) is 18.8. The topological polar surface area (TPSA) is 66.2 Å². The molecule has 1 aromatic heterocycles. The SMILES string of the molecule is CC(C)(C)OC(=O)N1Cc2cc(CCc3cccnc3)cc(-c3ccc(C#N)cc3)c2C1. The van der Waals surface area contributed by atoms with Crippen molar-refractivity contribution in [1.82, 2.24) is 9.88 Å². The lowest BCUT2D eigenvalue weighted by molar-refractivity contribution is 0.0242. The summed E-state index contributed by atoms with van der Waals surface area (Å²) in [5.41, 5.74) is 6.98. The van der Waals surface area contributed by atoms with Crippen molar-refractivity contribution in [3.8, 4) is 17.2 Å². The lowest BCUT2D eigenvalue weighted by Crippen LogP contribution is -2.33. The highest BCUT2D eigenvalue weighted by molar-refractivity contribution is 5.75. The van der Waals surface area contributed by atoms with Crippen LogP contribution in [0.2, 0.25) is 0 Å². The van der Waals surface area contributed by atoms with Crippen LogP contribution in [0.3, 0.4) is 0 Å². The van der Waals surface area contributed by atoms with Gasteiger partial charge in [0.15, 0.2) is 0 Å². The summed E-state index contributed by atoms with van der Waals surface area (Å²) in [6.07, 6.45) is 5.17. The molecule has 5 nitrogen and oxygen atoms in total. The van der Waals surface area contributed by atoms with E-state index in [1.54, 1.807) is 11.1 Å². The quantitative estimate of drug-likeness (QED) is 0.541. The number of amides is 1. The average Bonchev–Trinajstić information content (AvgIpc) is 3.21. The van der Waals surface area contributed by atoms with Crippen LogP contribution in [0.1, 0.15) is 48.6 Å². The van der Waals surface area contributed by atoms with Gasteiger partial charge in [0.05, 0.1) is 18.2 Å². The summed E-state index contributed by atoms with van der Waals surface area (Å²) < 4.78 is 5.61. The van der Waals surface area contributed by atoms with E-state index >= 15 is 0 Å². The molecule has 2 aromatic carbocycles. The number of hydrogen-bond acceptors (Lipinski definition) is 4. The molecule has 0 radical (unpaired) electrons. The first-order valence-electron chi connectivity index (χ1n) is 10.8. The molecule has 0 unspecified atom stereocenters. The largest absolute Gasteiger partial charge is 0.444 e. The molecule has 0 spiro atoms. The Labute approximate surface area is 189 Å². The highest BCUT2D eigenvalue weighted by Gasteiger charge is 2.30. The number of ether oxygens (including phenoxy) is 1. The predicted octanol–water partition coefficient (Wildman–Crippen LogP) is 5.66. The van der Waals surface area contributed by atoms with E-state index in [4.69, 9.17) is 10.00 Å². The Morgan fingerprint density at radius 1 is 1.09 bits per heavy atom. The molecule has 0 fully saturated rings. The van der Waals surface area contributed by atoms with Crippen molar-refractivity contribution in [3.05, 3.63) is 88.7 Å². The minimum atomic E-state index is -0.531. The lowest BCUT2D eigenvalue weighted by Gasteiger charge is -2.24. The van der Waals surface area contributed by atoms with Gasteiger partial charge < -0.3 is 4.74 Å². The fourth-order valence-electron chi connectivity index (χ4n) is 3.99. The van der Waals surface area contributed by atoms with E-state index in [1.807, 2.05) is 57.3 Å². The van der Waals surface area contributed by atoms with Crippen molar-refractivity contribution < 1.29 is 9.53 Å². The molecule has 0 atom stereocenters. The summed E-state index contributed by atoms with van der Waals surface area (Å²) in [4.78, 5) is 18.7. The fourth-order valence-corrected chi connectivity index (χ4v) is 3.99. The summed E-state index contributed by atoms with van der Waals surface area (Å²) in [6.45, 7) is 6.70. The van der Waals surface area contributed by atoms with Crippen LogP contribution < -0.4 is 0 Å². The summed E-state index contributed by atoms with van der Waals surface area (Å²) in [5, 5.41) is 9.15. The molecule has 0 saturated heterocycles. The van der Waals surface area contributed by atoms with E-state index in [1.165, 1.54) is 11.1 Å². The number of aromatic nitrogens is 1. The van der Waals surface area contributed by atoms with Gasteiger partial charge in [-0.2, -0.15) is 5.26 Å². The first-order valence-corrected chi connectivity index (χ1v) is 10.8. The average molecular weight is 426 g/mol. The number of carbonyl (C=O) groups excluding carboxylic acids is 1. The van der Waals surface area contributed by atoms with Gasteiger partial charge in [-0.25, -0.2) is 4.79 Å². The first-order chi connectivity index (χ1) is 15.3. The van der Waals surface area contributed by atoms with Crippen molar-refractivity contribution in [1.29, 1.82) is 5.26 Å². The zero-order chi connectivity index (χ0) is 22.7. The van der Waals surface area contributed by atoms with Gasteiger partial charge in [0.2, 0.25) is 0 Å². The number of pyridine rings is 1. The predicted molar refractivity (Wildman–Crippen MR) is 124 cm³/mol. The second kappa shape index (κ2) is 8.84. The maximum Gasteiger partial charge on any atom is 0.410 e. The third kappa shape index (κ3) is 4.97. The number of nitrogens with zero attached hydrogens (tertiary/aromatic N) is 3. The molecule has 3 aromatic rings. The molecule has 1 aliphatic rings. The van der Waals surface area contributed by atoms with Crippen LogP contribution in [-0.2, 0) is 30.7 Å². The molecule has 4 rings (SSSR count). The monoisotopic (exact) mass is 425 g/mol. The van der Waals surface area contributed by atoms with Crippen LogP contribution in [-0.4, -0.2) is 21.6 Å². The first kappa shape index (κ1) is 21.6. The van der Waals surface area contributed by atoms with Crippen molar-refractivity contribution in [2.75, 3.05) is 0 Å². The van der Waals surface area contributed by atoms with Crippen LogP contribution in [0.5, 0.6) is 0 Å². The Morgan fingerprint density at radius 2 is 1.84 bits per heavy atom. The van der Waals surface area contributed by atoms with Gasteiger partial charge in [0.25, 0.3) is 0 Å². The molecule has 162 valence electrons. The van der Waals surface area contributed by atoms with Gasteiger partial charge in [-0.3, -0.25) is 9.88 Å². The Hall–Kier alpha value is -3.65. The molecule has 5 heteroatoms. The Morgan fingerprint density at radius 3 is 2.50 bits per heavy atom. The highest BCUT2D eigenvalue weighted by Crippen LogP contribution is 2.35. The van der Waals surface area contributed by atoms with Gasteiger partial charge in [0, 0.05) is 18.9 Å². The van der Waals surface area contributed by atoms with Gasteiger partial charge in [-0.1, -0.05) is 30.3 Å². The van der Waals surface area contributed by atoms with Crippen molar-refractivity contribution >= 4 is 6.09 Å². The van der Waals surface area contributed by atoms with E-state index in [0.717, 1.165) is 35.1 Å². The molecule has 0 aliphatic carbocycles. The van der Waals surface area contributed by atoms with Crippen LogP contribution in [0.15, 0.2) is 60.9 Å². The second-order valence-electron chi connectivity index (χ2n) is 9.17. The van der Waals surface area contributed by atoms with E-state index in [0.29, 0.717) is 18.7 Å². The molecule has 0 bridgehead atoms. The summed E-state index contributed by atoms with van der Waals surface area (Å²) in [6, 6.07) is 18.3. The molecule has 0 saturated carbocycles. The second-order valence-corrected chi connectivity index (χ2v) is 9.17. The van der Waals surface area contributed by atoms with Crippen molar-refractivity contribution in [2.24, 2.45) is 0 Å². The van der Waals surface area contributed by atoms with Crippen LogP contribution >= 0.6 is 0 Å². The van der Waals surface area contributed by atoms with Crippen molar-refractivity contribution in [2.45, 2.75) is 52.3 Å². The van der Waals surface area contributed by atoms with Gasteiger partial charge in [-0.15, -0.1) is 0 Å². The van der Waals surface area contributed by atoms with Gasteiger partial charge >= 0.3 is 6.09 Å². The van der Waals surface area contributed by atoms with Crippen LogP contribution in [0.25, 0.3) is 11.1 Å². The van der Waals surface area contributed by atoms with Crippen LogP contribution in [0.4, 0.5) is 4.79 Å². The Bertz CT molecular complexity index is 1160. The number of hydrogen-bond donors (Lipinski definition) is 0. The standard InChI is InChI=1S/C27H27N3O2/c1-27(2,3)32-26(31)30-17-23-13-21(7-6-20-5-4-12-29-16-20)14-24(25(23)18-30)22-10-8-19(15-28)9-11-22/h4-5,8-14,16H,6-7,17-18H2,1-3H3. The lowest BCUT2D eigenvalue weighted by atomic mass is 9.92. The summed E-state index contributed by atoms with van der Waals surface area (Å²) in [5.74, 6) is 0. The normalized spacial score (nSPS) is 12.9. The maximum absolute atomic E-state index is 12.7. The molecule has 1 amide bonds. The molecule has 32 heavy (non-hydrogen) atoms. The minimum Gasteiger partial charge on any atom is -0.444 e. The summed E-state index contributed by atoms with van der Waals surface area (Å²) >= 11 is 0.